The fourth-order valence-electron chi connectivity index (χ4n) is 3.76. The number of carbonyl (C=O) groups excluding carboxylic acids is 1. The molecule has 0 unspecified atom stereocenters. The van der Waals surface area contributed by atoms with Crippen LogP contribution in [0.5, 0.6) is 0 Å². The predicted octanol–water partition coefficient (Wildman–Crippen LogP) is 2.97. The highest BCUT2D eigenvalue weighted by atomic mass is 16.3. The maximum Gasteiger partial charge on any atom is 0.226 e. The average Bonchev–Trinajstić information content (AvgIpc) is 2.96. The smallest absolute Gasteiger partial charge is 0.226 e. The van der Waals surface area contributed by atoms with Crippen molar-refractivity contribution in [2.75, 3.05) is 6.54 Å². The van der Waals surface area contributed by atoms with Gasteiger partial charge in [0, 0.05) is 24.6 Å². The summed E-state index contributed by atoms with van der Waals surface area (Å²) in [4.78, 5) is 15.0. The van der Waals surface area contributed by atoms with Gasteiger partial charge < -0.3 is 9.32 Å². The Bertz CT molecular complexity index is 676. The molecule has 2 fully saturated rings. The van der Waals surface area contributed by atoms with E-state index in [-0.39, 0.29) is 17.9 Å². The number of aromatic nitrogens is 2. The van der Waals surface area contributed by atoms with Gasteiger partial charge in [0.15, 0.2) is 0 Å². The number of nitrogens with zero attached hydrogens (tertiary/aromatic N) is 3. The number of amides is 1. The minimum absolute atomic E-state index is 0.112. The van der Waals surface area contributed by atoms with E-state index in [1.165, 1.54) is 12.0 Å². The Morgan fingerprint density at radius 2 is 2.35 bits per heavy atom. The van der Waals surface area contributed by atoms with Crippen LogP contribution in [0.1, 0.15) is 42.9 Å². The van der Waals surface area contributed by atoms with Crippen molar-refractivity contribution >= 4 is 5.91 Å². The summed E-state index contributed by atoms with van der Waals surface area (Å²) < 4.78 is 7.44. The molecule has 0 radical (unpaired) electrons. The van der Waals surface area contributed by atoms with Gasteiger partial charge in [-0.05, 0) is 50.3 Å². The number of piperidine rings is 1. The minimum atomic E-state index is 0.112. The SMILES string of the molecule is Cc1cnn(C[C@@H]2CCCCN2C(=O)[C@H]2C[C@@H]2c2ccco2)c1. The van der Waals surface area contributed by atoms with Gasteiger partial charge in [0.25, 0.3) is 0 Å². The van der Waals surface area contributed by atoms with Crippen LogP contribution in [-0.2, 0) is 11.3 Å². The molecule has 4 rings (SSSR count). The summed E-state index contributed by atoms with van der Waals surface area (Å²) in [5, 5.41) is 4.38. The molecular weight excluding hydrogens is 290 g/mol. The monoisotopic (exact) mass is 313 g/mol. The maximum absolute atomic E-state index is 12.9. The average molecular weight is 313 g/mol. The second-order valence-corrected chi connectivity index (χ2v) is 6.89. The molecule has 1 saturated heterocycles. The molecule has 5 nitrogen and oxygen atoms in total. The van der Waals surface area contributed by atoms with Gasteiger partial charge in [0.05, 0.1) is 25.0 Å². The molecule has 1 aliphatic carbocycles. The molecule has 3 atom stereocenters. The lowest BCUT2D eigenvalue weighted by molar-refractivity contribution is -0.136. The summed E-state index contributed by atoms with van der Waals surface area (Å²) in [6.45, 7) is 3.73. The van der Waals surface area contributed by atoms with Crippen LogP contribution in [0.4, 0.5) is 0 Å². The van der Waals surface area contributed by atoms with Crippen molar-refractivity contribution in [3.63, 3.8) is 0 Å². The zero-order valence-corrected chi connectivity index (χ0v) is 13.5. The van der Waals surface area contributed by atoms with E-state index in [4.69, 9.17) is 4.42 Å². The van der Waals surface area contributed by atoms with Crippen molar-refractivity contribution in [1.82, 2.24) is 14.7 Å². The van der Waals surface area contributed by atoms with E-state index in [0.29, 0.717) is 5.91 Å². The van der Waals surface area contributed by atoms with Crippen LogP contribution < -0.4 is 0 Å². The van der Waals surface area contributed by atoms with Crippen LogP contribution in [0, 0.1) is 12.8 Å². The molecule has 2 aromatic rings. The number of rotatable bonds is 4. The topological polar surface area (TPSA) is 51.3 Å². The summed E-state index contributed by atoms with van der Waals surface area (Å²) in [5.74, 6) is 1.66. The number of hydrogen-bond acceptors (Lipinski definition) is 3. The molecule has 5 heteroatoms. The Balaban J connectivity index is 1.44. The van der Waals surface area contributed by atoms with Crippen molar-refractivity contribution in [1.29, 1.82) is 0 Å². The first-order valence-corrected chi connectivity index (χ1v) is 8.55. The van der Waals surface area contributed by atoms with Crippen LogP contribution in [0.2, 0.25) is 0 Å². The Kier molecular flexibility index (Phi) is 3.71. The number of hydrogen-bond donors (Lipinski definition) is 0. The third-order valence-electron chi connectivity index (χ3n) is 5.09. The largest absolute Gasteiger partial charge is 0.469 e. The van der Waals surface area contributed by atoms with E-state index in [1.807, 2.05) is 29.9 Å². The molecule has 0 spiro atoms. The number of likely N-dealkylation sites (tertiary alicyclic amines) is 1. The molecule has 122 valence electrons. The van der Waals surface area contributed by atoms with Gasteiger partial charge >= 0.3 is 0 Å². The van der Waals surface area contributed by atoms with Crippen molar-refractivity contribution in [3.05, 3.63) is 42.1 Å². The van der Waals surface area contributed by atoms with Gasteiger partial charge in [-0.2, -0.15) is 5.10 Å². The molecule has 1 amide bonds. The highest BCUT2D eigenvalue weighted by molar-refractivity contribution is 5.83. The summed E-state index contributed by atoms with van der Waals surface area (Å²) in [7, 11) is 0. The van der Waals surface area contributed by atoms with Crippen LogP contribution in [0.25, 0.3) is 0 Å². The molecule has 0 bridgehead atoms. The normalized spacial score (nSPS) is 27.2. The van der Waals surface area contributed by atoms with Gasteiger partial charge in [-0.1, -0.05) is 0 Å². The summed E-state index contributed by atoms with van der Waals surface area (Å²) in [6.07, 6.45) is 9.93. The summed E-state index contributed by atoms with van der Waals surface area (Å²) >= 11 is 0. The lowest BCUT2D eigenvalue weighted by atomic mass is 10.0. The van der Waals surface area contributed by atoms with Gasteiger partial charge in [-0.15, -0.1) is 0 Å². The van der Waals surface area contributed by atoms with Crippen LogP contribution in [-0.4, -0.2) is 33.2 Å². The van der Waals surface area contributed by atoms with E-state index in [9.17, 15) is 4.79 Å². The summed E-state index contributed by atoms with van der Waals surface area (Å²) in [6, 6.07) is 4.16. The van der Waals surface area contributed by atoms with E-state index < -0.39 is 0 Å². The lowest BCUT2D eigenvalue weighted by Crippen LogP contribution is -2.46. The minimum Gasteiger partial charge on any atom is -0.469 e. The quantitative estimate of drug-likeness (QED) is 0.872. The van der Waals surface area contributed by atoms with Gasteiger partial charge in [0.1, 0.15) is 5.76 Å². The molecule has 2 aromatic heterocycles. The molecule has 0 N–H and O–H groups in total. The standard InChI is InChI=1S/C18H23N3O2/c1-13-10-19-20(11-13)12-14-5-2-3-7-21(14)18(22)16-9-15(16)17-6-4-8-23-17/h4,6,8,10-11,14-16H,2-3,5,7,9,12H2,1H3/t14-,15-,16-/m0/s1. The molecule has 1 saturated carbocycles. The molecule has 2 aliphatic rings. The van der Waals surface area contributed by atoms with Crippen molar-refractivity contribution in [2.24, 2.45) is 5.92 Å². The van der Waals surface area contributed by atoms with E-state index >= 15 is 0 Å². The molecule has 3 heterocycles. The molecule has 1 aliphatic heterocycles. The third-order valence-corrected chi connectivity index (χ3v) is 5.09. The molecule has 0 aromatic carbocycles. The highest BCUT2D eigenvalue weighted by Gasteiger charge is 2.48. The van der Waals surface area contributed by atoms with Crippen molar-refractivity contribution in [2.45, 2.75) is 51.1 Å². The second-order valence-electron chi connectivity index (χ2n) is 6.89. The van der Waals surface area contributed by atoms with E-state index in [0.717, 1.165) is 38.1 Å². The summed E-state index contributed by atoms with van der Waals surface area (Å²) in [5.41, 5.74) is 1.17. The maximum atomic E-state index is 12.9. The molecular formula is C18H23N3O2. The fraction of sp³-hybridized carbons (Fsp3) is 0.556. The van der Waals surface area contributed by atoms with Gasteiger partial charge in [0.2, 0.25) is 5.91 Å². The Hall–Kier alpha value is -2.04. The second kappa shape index (κ2) is 5.87. The Morgan fingerprint density at radius 3 is 3.09 bits per heavy atom. The van der Waals surface area contributed by atoms with Gasteiger partial charge in [-0.3, -0.25) is 9.48 Å². The lowest BCUT2D eigenvalue weighted by Gasteiger charge is -2.36. The first-order valence-electron chi connectivity index (χ1n) is 8.55. The van der Waals surface area contributed by atoms with Crippen molar-refractivity contribution in [3.8, 4) is 0 Å². The number of carbonyl (C=O) groups is 1. The van der Waals surface area contributed by atoms with Crippen LogP contribution in [0.15, 0.2) is 35.2 Å². The number of aryl methyl sites for hydroxylation is 1. The van der Waals surface area contributed by atoms with Crippen LogP contribution >= 0.6 is 0 Å². The Morgan fingerprint density at radius 1 is 1.43 bits per heavy atom. The zero-order chi connectivity index (χ0) is 15.8. The van der Waals surface area contributed by atoms with E-state index in [1.54, 1.807) is 6.26 Å². The zero-order valence-electron chi connectivity index (χ0n) is 13.5. The fourth-order valence-corrected chi connectivity index (χ4v) is 3.76. The third kappa shape index (κ3) is 2.92. The van der Waals surface area contributed by atoms with Crippen molar-refractivity contribution < 1.29 is 9.21 Å². The first-order chi connectivity index (χ1) is 11.2. The van der Waals surface area contributed by atoms with Crippen LogP contribution in [0.3, 0.4) is 0 Å². The van der Waals surface area contributed by atoms with Gasteiger partial charge in [-0.25, -0.2) is 0 Å². The highest BCUT2D eigenvalue weighted by Crippen LogP contribution is 2.49. The first kappa shape index (κ1) is 14.5. The Labute approximate surface area is 136 Å². The predicted molar refractivity (Wildman–Crippen MR) is 85.9 cm³/mol. The van der Waals surface area contributed by atoms with E-state index in [2.05, 4.69) is 16.2 Å². The number of furan rings is 1. The molecule has 23 heavy (non-hydrogen) atoms.